The van der Waals surface area contributed by atoms with Gasteiger partial charge < -0.3 is 19.5 Å². The lowest BCUT2D eigenvalue weighted by Gasteiger charge is -2.25. The highest BCUT2D eigenvalue weighted by Gasteiger charge is 2.28. The van der Waals surface area contributed by atoms with Crippen LogP contribution in [0, 0.1) is 13.8 Å². The van der Waals surface area contributed by atoms with E-state index in [0.29, 0.717) is 28.9 Å². The lowest BCUT2D eigenvalue weighted by molar-refractivity contribution is -0.125. The fourth-order valence-electron chi connectivity index (χ4n) is 3.77. The van der Waals surface area contributed by atoms with Crippen molar-refractivity contribution in [1.82, 2.24) is 14.8 Å². The zero-order valence-electron chi connectivity index (χ0n) is 18.0. The van der Waals surface area contributed by atoms with E-state index in [-0.39, 0.29) is 12.5 Å². The Balaban J connectivity index is 1.47. The van der Waals surface area contributed by atoms with Crippen LogP contribution >= 0.6 is 0 Å². The fourth-order valence-corrected chi connectivity index (χ4v) is 3.77. The van der Waals surface area contributed by atoms with E-state index in [9.17, 15) is 4.79 Å². The SMILES string of the molecule is COc1cccc2c(C)cc(-n3nc(C)cc3NC(=O)C3COc4ccccc4O3)nc12. The Kier molecular flexibility index (Phi) is 4.89. The fraction of sp³-hybridized carbons (Fsp3) is 0.208. The number of rotatable bonds is 4. The highest BCUT2D eigenvalue weighted by molar-refractivity contribution is 5.94. The average Bonchev–Trinajstić information content (AvgIpc) is 3.18. The van der Waals surface area contributed by atoms with Gasteiger partial charge in [-0.2, -0.15) is 9.78 Å². The molecule has 1 aliphatic rings. The number of aryl methyl sites for hydroxylation is 2. The Morgan fingerprint density at radius 3 is 2.75 bits per heavy atom. The summed E-state index contributed by atoms with van der Waals surface area (Å²) in [5, 5.41) is 8.45. The maximum atomic E-state index is 13.0. The number of nitrogens with one attached hydrogen (secondary N) is 1. The van der Waals surface area contributed by atoms with Crippen LogP contribution in [0.25, 0.3) is 16.7 Å². The summed E-state index contributed by atoms with van der Waals surface area (Å²) in [6.07, 6.45) is -0.778. The summed E-state index contributed by atoms with van der Waals surface area (Å²) in [6.45, 7) is 3.99. The van der Waals surface area contributed by atoms with E-state index in [0.717, 1.165) is 22.2 Å². The van der Waals surface area contributed by atoms with E-state index in [2.05, 4.69) is 10.4 Å². The van der Waals surface area contributed by atoms with Crippen LogP contribution in [0.3, 0.4) is 0 Å². The zero-order chi connectivity index (χ0) is 22.2. The van der Waals surface area contributed by atoms with Crippen LogP contribution in [0.1, 0.15) is 11.3 Å². The minimum atomic E-state index is -0.778. The second-order valence-corrected chi connectivity index (χ2v) is 7.59. The van der Waals surface area contributed by atoms with E-state index < -0.39 is 6.10 Å². The Bertz CT molecular complexity index is 1330. The van der Waals surface area contributed by atoms with Gasteiger partial charge in [0, 0.05) is 11.5 Å². The Hall–Kier alpha value is -4.07. The molecule has 1 N–H and O–H groups in total. The van der Waals surface area contributed by atoms with Crippen LogP contribution in [0.4, 0.5) is 5.82 Å². The molecule has 1 atom stereocenters. The Labute approximate surface area is 184 Å². The first kappa shape index (κ1) is 19.9. The number of carbonyl (C=O) groups excluding carboxylic acids is 1. The molecule has 8 nitrogen and oxygen atoms in total. The van der Waals surface area contributed by atoms with Crippen LogP contribution < -0.4 is 19.5 Å². The summed E-state index contributed by atoms with van der Waals surface area (Å²) in [5.74, 6) is 2.60. The molecule has 0 fully saturated rings. The van der Waals surface area contributed by atoms with Crippen LogP contribution in [0.2, 0.25) is 0 Å². The van der Waals surface area contributed by atoms with Crippen molar-refractivity contribution in [2.45, 2.75) is 20.0 Å². The van der Waals surface area contributed by atoms with Gasteiger partial charge in [0.15, 0.2) is 17.3 Å². The van der Waals surface area contributed by atoms with Gasteiger partial charge in [-0.25, -0.2) is 4.98 Å². The summed E-state index contributed by atoms with van der Waals surface area (Å²) >= 11 is 0. The molecular weight excluding hydrogens is 408 g/mol. The Morgan fingerprint density at radius 2 is 1.94 bits per heavy atom. The molecule has 0 radical (unpaired) electrons. The smallest absolute Gasteiger partial charge is 0.270 e. The maximum Gasteiger partial charge on any atom is 0.270 e. The molecule has 2 aromatic carbocycles. The Morgan fingerprint density at radius 1 is 1.12 bits per heavy atom. The van der Waals surface area contributed by atoms with Crippen molar-refractivity contribution in [3.05, 3.63) is 65.9 Å². The quantitative estimate of drug-likeness (QED) is 0.530. The van der Waals surface area contributed by atoms with Crippen molar-refractivity contribution in [2.24, 2.45) is 0 Å². The van der Waals surface area contributed by atoms with Crippen molar-refractivity contribution in [3.63, 3.8) is 0 Å². The van der Waals surface area contributed by atoms with Crippen molar-refractivity contribution >= 4 is 22.6 Å². The number of hydrogen-bond acceptors (Lipinski definition) is 6. The summed E-state index contributed by atoms with van der Waals surface area (Å²) in [6, 6.07) is 16.8. The van der Waals surface area contributed by atoms with Gasteiger partial charge in [-0.1, -0.05) is 24.3 Å². The molecule has 32 heavy (non-hydrogen) atoms. The van der Waals surface area contributed by atoms with Gasteiger partial charge in [0.25, 0.3) is 5.91 Å². The number of pyridine rings is 1. The molecule has 8 heteroatoms. The summed E-state index contributed by atoms with van der Waals surface area (Å²) < 4.78 is 18.6. The molecule has 4 aromatic rings. The van der Waals surface area contributed by atoms with Gasteiger partial charge in [-0.3, -0.25) is 4.79 Å². The number of ether oxygens (including phenoxy) is 3. The minimum absolute atomic E-state index is 0.125. The number of amides is 1. The minimum Gasteiger partial charge on any atom is -0.494 e. The number of benzene rings is 2. The first-order valence-electron chi connectivity index (χ1n) is 10.2. The summed E-state index contributed by atoms with van der Waals surface area (Å²) in [7, 11) is 1.62. The van der Waals surface area contributed by atoms with Gasteiger partial charge in [0.2, 0.25) is 6.10 Å². The summed E-state index contributed by atoms with van der Waals surface area (Å²) in [5.41, 5.74) is 2.50. The number of hydrogen-bond donors (Lipinski definition) is 1. The normalized spacial score (nSPS) is 14.9. The van der Waals surface area contributed by atoms with Crippen molar-refractivity contribution in [1.29, 1.82) is 0 Å². The summed E-state index contributed by atoms with van der Waals surface area (Å²) in [4.78, 5) is 17.7. The van der Waals surface area contributed by atoms with Gasteiger partial charge in [-0.15, -0.1) is 0 Å². The molecule has 0 saturated heterocycles. The molecule has 162 valence electrons. The monoisotopic (exact) mass is 430 g/mol. The van der Waals surface area contributed by atoms with Crippen LogP contribution in [-0.2, 0) is 4.79 Å². The third kappa shape index (κ3) is 3.49. The van der Waals surface area contributed by atoms with E-state index >= 15 is 0 Å². The number of para-hydroxylation sites is 3. The van der Waals surface area contributed by atoms with Gasteiger partial charge in [-0.05, 0) is 43.7 Å². The molecule has 0 spiro atoms. The number of nitrogens with zero attached hydrogens (tertiary/aromatic N) is 3. The largest absolute Gasteiger partial charge is 0.494 e. The number of methoxy groups -OCH3 is 1. The lowest BCUT2D eigenvalue weighted by atomic mass is 10.1. The van der Waals surface area contributed by atoms with Crippen molar-refractivity contribution in [3.8, 4) is 23.1 Å². The third-order valence-corrected chi connectivity index (χ3v) is 5.32. The second kappa shape index (κ2) is 7.88. The molecule has 3 heterocycles. The molecule has 0 aliphatic carbocycles. The van der Waals surface area contributed by atoms with E-state index in [1.165, 1.54) is 0 Å². The van der Waals surface area contributed by atoms with Crippen molar-refractivity contribution in [2.75, 3.05) is 19.0 Å². The predicted octanol–water partition coefficient (Wildman–Crippen LogP) is 3.82. The van der Waals surface area contributed by atoms with Gasteiger partial charge in [0.05, 0.1) is 12.8 Å². The maximum absolute atomic E-state index is 13.0. The molecule has 2 aromatic heterocycles. The number of anilines is 1. The third-order valence-electron chi connectivity index (χ3n) is 5.32. The first-order chi connectivity index (χ1) is 15.5. The van der Waals surface area contributed by atoms with E-state index in [4.69, 9.17) is 19.2 Å². The molecule has 0 saturated carbocycles. The van der Waals surface area contributed by atoms with Gasteiger partial charge >= 0.3 is 0 Å². The molecule has 0 bridgehead atoms. The van der Waals surface area contributed by atoms with E-state index in [1.54, 1.807) is 23.9 Å². The molecule has 5 rings (SSSR count). The topological polar surface area (TPSA) is 87.5 Å². The highest BCUT2D eigenvalue weighted by Crippen LogP contribution is 2.32. The number of fused-ring (bicyclic) bond motifs is 2. The van der Waals surface area contributed by atoms with E-state index in [1.807, 2.05) is 56.3 Å². The lowest BCUT2D eigenvalue weighted by Crippen LogP contribution is -2.40. The molecule has 1 amide bonds. The van der Waals surface area contributed by atoms with Crippen LogP contribution in [0.5, 0.6) is 17.2 Å². The van der Waals surface area contributed by atoms with Gasteiger partial charge in [0.1, 0.15) is 23.7 Å². The van der Waals surface area contributed by atoms with Crippen molar-refractivity contribution < 1.29 is 19.0 Å². The average molecular weight is 430 g/mol. The molecule has 1 unspecified atom stereocenters. The first-order valence-corrected chi connectivity index (χ1v) is 10.2. The highest BCUT2D eigenvalue weighted by atomic mass is 16.6. The standard InChI is InChI=1S/C24H22N4O4/c1-14-11-21(25-23-16(14)7-6-10-19(23)30-3)28-22(12-15(2)27-28)26-24(29)20-13-31-17-8-4-5-9-18(17)32-20/h4-12,20H,13H2,1-3H3,(H,26,29). The number of carbonyl (C=O) groups is 1. The van der Waals surface area contributed by atoms with Crippen LogP contribution in [0.15, 0.2) is 54.6 Å². The zero-order valence-corrected chi connectivity index (χ0v) is 18.0. The van der Waals surface area contributed by atoms with Crippen LogP contribution in [-0.4, -0.2) is 40.5 Å². The number of aromatic nitrogens is 3. The predicted molar refractivity (Wildman–Crippen MR) is 120 cm³/mol. The second-order valence-electron chi connectivity index (χ2n) is 7.59. The molecule has 1 aliphatic heterocycles. The molecular formula is C24H22N4O4.